The fraction of sp³-hybridized carbons (Fsp3) is 0.111. The van der Waals surface area contributed by atoms with Crippen molar-refractivity contribution in [2.75, 3.05) is 18.4 Å². The van der Waals surface area contributed by atoms with E-state index >= 15 is 0 Å². The van der Waals surface area contributed by atoms with Crippen molar-refractivity contribution in [3.8, 4) is 11.3 Å². The highest BCUT2D eigenvalue weighted by Gasteiger charge is 2.10. The minimum absolute atomic E-state index is 0.0482. The lowest BCUT2D eigenvalue weighted by atomic mass is 10.1. The van der Waals surface area contributed by atoms with Crippen molar-refractivity contribution in [1.29, 1.82) is 0 Å². The molecule has 0 atom stereocenters. The number of rotatable bonds is 7. The summed E-state index contributed by atoms with van der Waals surface area (Å²) < 4.78 is 0. The second-order valence-corrected chi connectivity index (χ2v) is 5.44. The van der Waals surface area contributed by atoms with E-state index in [9.17, 15) is 9.59 Å². The molecular weight excluding hydrogens is 348 g/mol. The van der Waals surface area contributed by atoms with Gasteiger partial charge in [0.05, 0.1) is 18.1 Å². The van der Waals surface area contributed by atoms with E-state index in [4.69, 9.17) is 5.11 Å². The van der Waals surface area contributed by atoms with Gasteiger partial charge in [0.15, 0.2) is 5.69 Å². The summed E-state index contributed by atoms with van der Waals surface area (Å²) >= 11 is 0. The van der Waals surface area contributed by atoms with E-state index in [-0.39, 0.29) is 11.4 Å². The molecule has 0 radical (unpaired) electrons. The van der Waals surface area contributed by atoms with Gasteiger partial charge < -0.3 is 15.7 Å². The van der Waals surface area contributed by atoms with Crippen molar-refractivity contribution in [1.82, 2.24) is 25.5 Å². The molecule has 3 N–H and O–H groups in total. The number of carbonyl (C=O) groups excluding carboxylic acids is 1. The molecule has 0 saturated carbocycles. The first-order valence-corrected chi connectivity index (χ1v) is 8.10. The second kappa shape index (κ2) is 8.48. The summed E-state index contributed by atoms with van der Waals surface area (Å²) in [5, 5.41) is 22.7. The molecule has 2 aromatic heterocycles. The van der Waals surface area contributed by atoms with Crippen molar-refractivity contribution in [3.05, 3.63) is 66.2 Å². The number of anilines is 1. The Morgan fingerprint density at radius 2 is 1.63 bits per heavy atom. The number of carboxylic acid groups (broad SMARTS) is 1. The molecule has 136 valence electrons. The van der Waals surface area contributed by atoms with Gasteiger partial charge in [-0.3, -0.25) is 4.79 Å². The van der Waals surface area contributed by atoms with Gasteiger partial charge in [-0.2, -0.15) is 0 Å². The third-order valence-electron chi connectivity index (χ3n) is 3.55. The Morgan fingerprint density at radius 3 is 2.26 bits per heavy atom. The van der Waals surface area contributed by atoms with Gasteiger partial charge in [-0.1, -0.05) is 30.3 Å². The van der Waals surface area contributed by atoms with Crippen LogP contribution in [-0.2, 0) is 0 Å². The first-order chi connectivity index (χ1) is 13.1. The van der Waals surface area contributed by atoms with Crippen LogP contribution >= 0.6 is 0 Å². The van der Waals surface area contributed by atoms with Crippen LogP contribution in [0.25, 0.3) is 11.3 Å². The van der Waals surface area contributed by atoms with E-state index in [1.165, 1.54) is 0 Å². The average molecular weight is 364 g/mol. The zero-order valence-electron chi connectivity index (χ0n) is 14.2. The quantitative estimate of drug-likeness (QED) is 0.537. The number of hydrogen-bond acceptors (Lipinski definition) is 7. The van der Waals surface area contributed by atoms with Crippen LogP contribution in [0.2, 0.25) is 0 Å². The summed E-state index contributed by atoms with van der Waals surface area (Å²) in [5.74, 6) is -1.04. The van der Waals surface area contributed by atoms with Crippen LogP contribution in [0.15, 0.2) is 54.9 Å². The molecule has 9 heteroatoms. The van der Waals surface area contributed by atoms with E-state index < -0.39 is 11.9 Å². The normalized spacial score (nSPS) is 10.2. The molecular formula is C18H16N6O3. The molecule has 0 aliphatic carbocycles. The Kier molecular flexibility index (Phi) is 5.63. The molecule has 0 spiro atoms. The van der Waals surface area contributed by atoms with Crippen molar-refractivity contribution in [2.45, 2.75) is 0 Å². The van der Waals surface area contributed by atoms with Crippen LogP contribution in [-0.4, -0.2) is 50.2 Å². The van der Waals surface area contributed by atoms with E-state index in [1.807, 2.05) is 42.5 Å². The molecule has 0 unspecified atom stereocenters. The highest BCUT2D eigenvalue weighted by Crippen LogP contribution is 2.15. The summed E-state index contributed by atoms with van der Waals surface area (Å²) in [4.78, 5) is 30.1. The third kappa shape index (κ3) is 4.82. The Labute approximate surface area is 154 Å². The predicted molar refractivity (Wildman–Crippen MR) is 97.3 cm³/mol. The second-order valence-electron chi connectivity index (χ2n) is 5.44. The lowest BCUT2D eigenvalue weighted by Gasteiger charge is -2.07. The maximum atomic E-state index is 11.9. The zero-order chi connectivity index (χ0) is 19.1. The summed E-state index contributed by atoms with van der Waals surface area (Å²) in [6.07, 6.45) is 2.17. The van der Waals surface area contributed by atoms with Crippen molar-refractivity contribution in [2.24, 2.45) is 0 Å². The SMILES string of the molecule is O=C(O)c1cnc(C(=O)NCCNc2ccc(-c3ccccc3)nn2)cn1. The fourth-order valence-corrected chi connectivity index (χ4v) is 2.20. The summed E-state index contributed by atoms with van der Waals surface area (Å²) in [5.41, 5.74) is 1.59. The van der Waals surface area contributed by atoms with E-state index in [2.05, 4.69) is 30.8 Å². The molecule has 27 heavy (non-hydrogen) atoms. The number of carboxylic acids is 1. The van der Waals surface area contributed by atoms with Gasteiger partial charge in [0.2, 0.25) is 0 Å². The Morgan fingerprint density at radius 1 is 0.889 bits per heavy atom. The van der Waals surface area contributed by atoms with Crippen molar-refractivity contribution in [3.63, 3.8) is 0 Å². The lowest BCUT2D eigenvalue weighted by Crippen LogP contribution is -2.29. The molecule has 3 rings (SSSR count). The number of nitrogens with zero attached hydrogens (tertiary/aromatic N) is 4. The van der Waals surface area contributed by atoms with Gasteiger partial charge in [-0.05, 0) is 12.1 Å². The maximum absolute atomic E-state index is 11.9. The standard InChI is InChI=1S/C18H16N6O3/c25-17(14-10-22-15(11-21-14)18(26)27)20-9-8-19-16-7-6-13(23-24-16)12-4-2-1-3-5-12/h1-7,10-11H,8-9H2,(H,19,24)(H,20,25)(H,26,27). The van der Waals surface area contributed by atoms with Crippen LogP contribution < -0.4 is 10.6 Å². The number of benzene rings is 1. The van der Waals surface area contributed by atoms with Crippen molar-refractivity contribution < 1.29 is 14.7 Å². The number of aromatic nitrogens is 4. The van der Waals surface area contributed by atoms with E-state index in [1.54, 1.807) is 0 Å². The molecule has 0 aliphatic rings. The highest BCUT2D eigenvalue weighted by molar-refractivity contribution is 5.92. The van der Waals surface area contributed by atoms with E-state index in [0.29, 0.717) is 18.9 Å². The molecule has 0 bridgehead atoms. The first kappa shape index (κ1) is 17.9. The molecule has 3 aromatic rings. The third-order valence-corrected chi connectivity index (χ3v) is 3.55. The number of nitrogens with one attached hydrogen (secondary N) is 2. The topological polar surface area (TPSA) is 130 Å². The van der Waals surface area contributed by atoms with Gasteiger partial charge in [0.1, 0.15) is 11.5 Å². The molecule has 9 nitrogen and oxygen atoms in total. The first-order valence-electron chi connectivity index (χ1n) is 8.10. The minimum Gasteiger partial charge on any atom is -0.476 e. The molecule has 0 saturated heterocycles. The minimum atomic E-state index is -1.20. The Balaban J connectivity index is 1.46. The van der Waals surface area contributed by atoms with Gasteiger partial charge in [0, 0.05) is 18.7 Å². The Hall–Kier alpha value is -3.88. The smallest absolute Gasteiger partial charge is 0.356 e. The number of hydrogen-bond donors (Lipinski definition) is 3. The maximum Gasteiger partial charge on any atom is 0.356 e. The van der Waals surface area contributed by atoms with Gasteiger partial charge >= 0.3 is 5.97 Å². The number of carbonyl (C=O) groups is 2. The largest absolute Gasteiger partial charge is 0.476 e. The summed E-state index contributed by atoms with van der Waals surface area (Å²) in [6.45, 7) is 0.759. The molecule has 2 heterocycles. The molecule has 1 aromatic carbocycles. The molecule has 0 aliphatic heterocycles. The monoisotopic (exact) mass is 364 g/mol. The van der Waals surface area contributed by atoms with Gasteiger partial charge in [-0.15, -0.1) is 10.2 Å². The highest BCUT2D eigenvalue weighted by atomic mass is 16.4. The molecule has 1 amide bonds. The Bertz CT molecular complexity index is 914. The van der Waals surface area contributed by atoms with Gasteiger partial charge in [0.25, 0.3) is 5.91 Å². The zero-order valence-corrected chi connectivity index (χ0v) is 14.2. The average Bonchev–Trinajstić information content (AvgIpc) is 2.72. The lowest BCUT2D eigenvalue weighted by molar-refractivity contribution is 0.0689. The van der Waals surface area contributed by atoms with Crippen LogP contribution in [0.3, 0.4) is 0 Å². The van der Waals surface area contributed by atoms with Crippen LogP contribution in [0.4, 0.5) is 5.82 Å². The van der Waals surface area contributed by atoms with Crippen molar-refractivity contribution >= 4 is 17.7 Å². The number of amides is 1. The van der Waals surface area contributed by atoms with Gasteiger partial charge in [-0.25, -0.2) is 14.8 Å². The summed E-state index contributed by atoms with van der Waals surface area (Å²) in [6, 6.07) is 13.4. The van der Waals surface area contributed by atoms with E-state index in [0.717, 1.165) is 23.7 Å². The number of aromatic carboxylic acids is 1. The van der Waals surface area contributed by atoms with Crippen LogP contribution in [0.5, 0.6) is 0 Å². The van der Waals surface area contributed by atoms with Crippen LogP contribution in [0.1, 0.15) is 21.0 Å². The predicted octanol–water partition coefficient (Wildman–Crippen LogP) is 1.47. The summed E-state index contributed by atoms with van der Waals surface area (Å²) in [7, 11) is 0. The molecule has 0 fully saturated rings. The fourth-order valence-electron chi connectivity index (χ4n) is 2.20. The van der Waals surface area contributed by atoms with Crippen LogP contribution in [0, 0.1) is 0 Å².